The van der Waals surface area contributed by atoms with Gasteiger partial charge >= 0.3 is 0 Å². The molecule has 0 saturated carbocycles. The third kappa shape index (κ3) is 3.11. The van der Waals surface area contributed by atoms with Crippen LogP contribution in [0.5, 0.6) is 0 Å². The molecule has 1 aliphatic heterocycles. The molecule has 114 valence electrons. The summed E-state index contributed by atoms with van der Waals surface area (Å²) in [5, 5.41) is 4.11. The van der Waals surface area contributed by atoms with Gasteiger partial charge in [0.15, 0.2) is 0 Å². The molecule has 1 fully saturated rings. The van der Waals surface area contributed by atoms with E-state index in [-0.39, 0.29) is 11.1 Å². The summed E-state index contributed by atoms with van der Waals surface area (Å²) in [6.45, 7) is 1.54. The Morgan fingerprint density at radius 1 is 1.48 bits per heavy atom. The van der Waals surface area contributed by atoms with E-state index in [2.05, 4.69) is 14.7 Å². The van der Waals surface area contributed by atoms with Gasteiger partial charge in [0, 0.05) is 32.4 Å². The normalized spacial score (nSPS) is 19.9. The van der Waals surface area contributed by atoms with Crippen LogP contribution in [0.1, 0.15) is 12.8 Å². The van der Waals surface area contributed by atoms with Crippen molar-refractivity contribution in [1.29, 1.82) is 0 Å². The number of rotatable bonds is 4. The van der Waals surface area contributed by atoms with Crippen LogP contribution in [-0.4, -0.2) is 37.3 Å². The van der Waals surface area contributed by atoms with Gasteiger partial charge in [-0.1, -0.05) is 0 Å². The van der Waals surface area contributed by atoms with Gasteiger partial charge in [0.2, 0.25) is 5.09 Å². The molecule has 0 amide bonds. The Kier molecular flexibility index (Phi) is 3.73. The van der Waals surface area contributed by atoms with Crippen LogP contribution >= 0.6 is 0 Å². The summed E-state index contributed by atoms with van der Waals surface area (Å²) >= 11 is 0. The monoisotopic (exact) mass is 310 g/mol. The largest absolute Gasteiger partial charge is 0.452 e. The predicted molar refractivity (Wildman–Crippen MR) is 77.5 cm³/mol. The summed E-state index contributed by atoms with van der Waals surface area (Å²) in [4.78, 5) is 2.14. The molecule has 3 heterocycles. The second kappa shape index (κ2) is 5.53. The number of furan rings is 1. The number of aryl methyl sites for hydroxylation is 1. The van der Waals surface area contributed by atoms with Crippen molar-refractivity contribution in [3.63, 3.8) is 0 Å². The lowest BCUT2D eigenvalue weighted by molar-refractivity contribution is 0.427. The van der Waals surface area contributed by atoms with Crippen molar-refractivity contribution in [2.45, 2.75) is 24.0 Å². The fourth-order valence-corrected chi connectivity index (χ4v) is 3.76. The van der Waals surface area contributed by atoms with Gasteiger partial charge in [-0.15, -0.1) is 0 Å². The first-order valence-electron chi connectivity index (χ1n) is 6.84. The lowest BCUT2D eigenvalue weighted by Gasteiger charge is -2.33. The zero-order chi connectivity index (χ0) is 14.9. The molecule has 1 aliphatic rings. The highest BCUT2D eigenvalue weighted by Crippen LogP contribution is 2.20. The van der Waals surface area contributed by atoms with Gasteiger partial charge in [0.1, 0.15) is 0 Å². The highest BCUT2D eigenvalue weighted by Gasteiger charge is 2.27. The average Bonchev–Trinajstić information content (AvgIpc) is 3.09. The van der Waals surface area contributed by atoms with E-state index >= 15 is 0 Å². The second-order valence-electron chi connectivity index (χ2n) is 5.21. The van der Waals surface area contributed by atoms with Crippen molar-refractivity contribution >= 4 is 15.7 Å². The number of piperidine rings is 1. The van der Waals surface area contributed by atoms with E-state index in [0.29, 0.717) is 6.54 Å². The maximum Gasteiger partial charge on any atom is 0.274 e. The third-order valence-corrected chi connectivity index (χ3v) is 4.97. The molecular weight excluding hydrogens is 292 g/mol. The zero-order valence-electron chi connectivity index (χ0n) is 11.8. The van der Waals surface area contributed by atoms with Crippen LogP contribution in [0.4, 0.5) is 5.69 Å². The summed E-state index contributed by atoms with van der Waals surface area (Å²) in [6, 6.07) is 2.88. The van der Waals surface area contributed by atoms with E-state index < -0.39 is 10.0 Å². The molecular formula is C13H18N4O3S. The summed E-state index contributed by atoms with van der Waals surface area (Å²) in [5.41, 5.74) is 1.01. The van der Waals surface area contributed by atoms with E-state index in [4.69, 9.17) is 4.42 Å². The Balaban J connectivity index is 1.69. The number of aromatic nitrogens is 2. The average molecular weight is 310 g/mol. The predicted octanol–water partition coefficient (Wildman–Crippen LogP) is 0.960. The van der Waals surface area contributed by atoms with Gasteiger partial charge in [-0.2, -0.15) is 5.10 Å². The first-order valence-corrected chi connectivity index (χ1v) is 8.32. The molecule has 0 radical (unpaired) electrons. The van der Waals surface area contributed by atoms with E-state index in [0.717, 1.165) is 25.1 Å². The minimum Gasteiger partial charge on any atom is -0.452 e. The van der Waals surface area contributed by atoms with Crippen LogP contribution in [0, 0.1) is 0 Å². The van der Waals surface area contributed by atoms with Crippen molar-refractivity contribution in [2.24, 2.45) is 7.05 Å². The zero-order valence-corrected chi connectivity index (χ0v) is 12.6. The molecule has 1 N–H and O–H groups in total. The standard InChI is InChI=1S/C13H18N4O3S/c1-16-10-12(8-14-16)17-6-2-4-11(9-17)15-21(18,19)13-5-3-7-20-13/h3,5,7-8,10-11,15H,2,4,6,9H2,1H3/t11-/m0/s1. The van der Waals surface area contributed by atoms with Crippen LogP contribution in [0.15, 0.2) is 40.3 Å². The minimum absolute atomic E-state index is 0.0407. The number of hydrogen-bond donors (Lipinski definition) is 1. The number of hydrogen-bond acceptors (Lipinski definition) is 5. The van der Waals surface area contributed by atoms with Gasteiger partial charge in [0.25, 0.3) is 10.0 Å². The minimum atomic E-state index is -3.58. The fraction of sp³-hybridized carbons (Fsp3) is 0.462. The lowest BCUT2D eigenvalue weighted by atomic mass is 10.1. The number of sulfonamides is 1. The maximum absolute atomic E-state index is 12.2. The van der Waals surface area contributed by atoms with Gasteiger partial charge in [0.05, 0.1) is 18.1 Å². The summed E-state index contributed by atoms with van der Waals surface area (Å²) in [6.07, 6.45) is 6.83. The topological polar surface area (TPSA) is 80.4 Å². The van der Waals surface area contributed by atoms with Crippen LogP contribution in [0.2, 0.25) is 0 Å². The van der Waals surface area contributed by atoms with Crippen molar-refractivity contribution < 1.29 is 12.8 Å². The number of nitrogens with one attached hydrogen (secondary N) is 1. The van der Waals surface area contributed by atoms with E-state index in [1.165, 1.54) is 12.3 Å². The highest BCUT2D eigenvalue weighted by molar-refractivity contribution is 7.89. The summed E-state index contributed by atoms with van der Waals surface area (Å²) in [5.74, 6) is 0. The van der Waals surface area contributed by atoms with E-state index in [1.54, 1.807) is 16.9 Å². The van der Waals surface area contributed by atoms with Crippen molar-refractivity contribution in [2.75, 3.05) is 18.0 Å². The van der Waals surface area contributed by atoms with Crippen LogP contribution in [0.25, 0.3) is 0 Å². The molecule has 21 heavy (non-hydrogen) atoms. The molecule has 2 aromatic heterocycles. The highest BCUT2D eigenvalue weighted by atomic mass is 32.2. The molecule has 2 aromatic rings. The third-order valence-electron chi connectivity index (χ3n) is 3.56. The molecule has 1 atom stereocenters. The first kappa shape index (κ1) is 14.2. The second-order valence-corrected chi connectivity index (χ2v) is 6.86. The Morgan fingerprint density at radius 3 is 3.00 bits per heavy atom. The van der Waals surface area contributed by atoms with Gasteiger partial charge in [-0.25, -0.2) is 13.1 Å². The van der Waals surface area contributed by atoms with Crippen molar-refractivity contribution in [1.82, 2.24) is 14.5 Å². The van der Waals surface area contributed by atoms with Crippen LogP contribution in [0.3, 0.4) is 0 Å². The molecule has 0 aromatic carbocycles. The Hall–Kier alpha value is -1.80. The Bertz CT molecular complexity index is 693. The fourth-order valence-electron chi connectivity index (χ4n) is 2.57. The quantitative estimate of drug-likeness (QED) is 0.910. The van der Waals surface area contributed by atoms with Gasteiger partial charge < -0.3 is 9.32 Å². The molecule has 1 saturated heterocycles. The SMILES string of the molecule is Cn1cc(N2CCC[C@H](NS(=O)(=O)c3ccco3)C2)cn1. The molecule has 0 spiro atoms. The summed E-state index contributed by atoms with van der Waals surface area (Å²) < 4.78 is 33.8. The van der Waals surface area contributed by atoms with Crippen molar-refractivity contribution in [3.05, 3.63) is 30.8 Å². The van der Waals surface area contributed by atoms with Gasteiger partial charge in [-0.05, 0) is 25.0 Å². The molecule has 0 unspecified atom stereocenters. The van der Waals surface area contributed by atoms with E-state index in [9.17, 15) is 8.42 Å². The van der Waals surface area contributed by atoms with Crippen LogP contribution < -0.4 is 9.62 Å². The molecule has 8 heteroatoms. The molecule has 0 aliphatic carbocycles. The Morgan fingerprint density at radius 2 is 2.33 bits per heavy atom. The molecule has 7 nitrogen and oxygen atoms in total. The Labute approximate surface area is 123 Å². The maximum atomic E-state index is 12.2. The van der Waals surface area contributed by atoms with E-state index in [1.807, 2.05) is 13.2 Å². The smallest absolute Gasteiger partial charge is 0.274 e. The molecule has 3 rings (SSSR count). The van der Waals surface area contributed by atoms with Crippen LogP contribution in [-0.2, 0) is 17.1 Å². The van der Waals surface area contributed by atoms with Gasteiger partial charge in [-0.3, -0.25) is 4.68 Å². The summed E-state index contributed by atoms with van der Waals surface area (Å²) in [7, 11) is -1.72. The number of anilines is 1. The number of nitrogens with zero attached hydrogens (tertiary/aromatic N) is 3. The van der Waals surface area contributed by atoms with Crippen molar-refractivity contribution in [3.8, 4) is 0 Å². The lowest BCUT2D eigenvalue weighted by Crippen LogP contribution is -2.47. The first-order chi connectivity index (χ1) is 10.0. The molecule has 0 bridgehead atoms.